The molecule has 10 heteroatoms. The van der Waals surface area contributed by atoms with Gasteiger partial charge in [0.05, 0.1) is 11.8 Å². The maximum absolute atomic E-state index is 13.0. The number of hydrogen-bond donors (Lipinski definition) is 2. The highest BCUT2D eigenvalue weighted by atomic mass is 19.4. The summed E-state index contributed by atoms with van der Waals surface area (Å²) in [4.78, 5) is 38.9. The van der Waals surface area contributed by atoms with Crippen molar-refractivity contribution in [2.24, 2.45) is 11.8 Å². The number of imide groups is 1. The monoisotopic (exact) mass is 414 g/mol. The lowest BCUT2D eigenvalue weighted by Gasteiger charge is -2.27. The van der Waals surface area contributed by atoms with Gasteiger partial charge in [-0.2, -0.15) is 0 Å². The first-order valence-electron chi connectivity index (χ1n) is 9.21. The third-order valence-corrected chi connectivity index (χ3v) is 5.51. The number of halogens is 3. The third-order valence-electron chi connectivity index (χ3n) is 5.51. The van der Waals surface area contributed by atoms with Crippen molar-refractivity contribution < 1.29 is 37.4 Å². The Bertz CT molecular complexity index is 843. The molecule has 3 rings (SSSR count). The fraction of sp³-hybridized carbons (Fsp3) is 0.526. The number of unbranched alkanes of at least 4 members (excludes halogenated alkanes) is 1. The lowest BCUT2D eigenvalue weighted by atomic mass is 9.80. The number of rotatable bonds is 6. The number of nitrogens with zero attached hydrogens (tertiary/aromatic N) is 1. The van der Waals surface area contributed by atoms with Crippen LogP contribution in [0.15, 0.2) is 24.3 Å². The summed E-state index contributed by atoms with van der Waals surface area (Å²) in [5, 5.41) is 12.5. The molecule has 0 aliphatic carbocycles. The van der Waals surface area contributed by atoms with Crippen LogP contribution in [0.5, 0.6) is 5.75 Å². The minimum absolute atomic E-state index is 0.181. The van der Waals surface area contributed by atoms with Gasteiger partial charge in [0.25, 0.3) is 0 Å². The molecule has 2 aliphatic heterocycles. The fourth-order valence-electron chi connectivity index (χ4n) is 4.12. The number of likely N-dealkylation sites (tertiary alicyclic amines) is 1. The summed E-state index contributed by atoms with van der Waals surface area (Å²) in [7, 11) is 0. The molecule has 0 aromatic heterocycles. The number of benzene rings is 1. The van der Waals surface area contributed by atoms with Crippen LogP contribution in [0.4, 0.5) is 13.2 Å². The summed E-state index contributed by atoms with van der Waals surface area (Å²) in [5.74, 6) is -5.06. The molecule has 2 saturated heterocycles. The van der Waals surface area contributed by atoms with Crippen molar-refractivity contribution in [1.82, 2.24) is 10.2 Å². The van der Waals surface area contributed by atoms with Gasteiger partial charge in [0.15, 0.2) is 0 Å². The molecule has 158 valence electrons. The van der Waals surface area contributed by atoms with Crippen LogP contribution in [0.25, 0.3) is 0 Å². The van der Waals surface area contributed by atoms with Gasteiger partial charge in [-0.15, -0.1) is 13.2 Å². The standard InChI is InChI=1S/C19H21F3N2O5/c1-3-4-8-24-15(25)12-13(16(24)26)18(2,17(27)28)23-14(12)10-6-5-7-11(9-10)29-19(20,21)22/h5-7,9,12-14,23H,3-4,8H2,1-2H3,(H,27,28). The molecule has 7 nitrogen and oxygen atoms in total. The first kappa shape index (κ1) is 21.1. The number of ether oxygens (including phenoxy) is 1. The Morgan fingerprint density at radius 3 is 2.59 bits per heavy atom. The second-order valence-corrected chi connectivity index (χ2v) is 7.43. The summed E-state index contributed by atoms with van der Waals surface area (Å²) in [6.07, 6.45) is -3.58. The molecule has 2 aliphatic rings. The number of aliphatic carboxylic acids is 1. The number of carboxylic acids is 1. The molecule has 1 aromatic carbocycles. The molecule has 2 fully saturated rings. The highest BCUT2D eigenvalue weighted by Gasteiger charge is 2.66. The lowest BCUT2D eigenvalue weighted by Crippen LogP contribution is -2.53. The van der Waals surface area contributed by atoms with Gasteiger partial charge >= 0.3 is 12.3 Å². The molecular formula is C19H21F3N2O5. The Kier molecular flexibility index (Phi) is 5.33. The van der Waals surface area contributed by atoms with Gasteiger partial charge in [0.2, 0.25) is 11.8 Å². The lowest BCUT2D eigenvalue weighted by molar-refractivity contribution is -0.274. The highest BCUT2D eigenvalue weighted by molar-refractivity contribution is 6.09. The van der Waals surface area contributed by atoms with Gasteiger partial charge in [0, 0.05) is 12.6 Å². The van der Waals surface area contributed by atoms with Gasteiger partial charge < -0.3 is 9.84 Å². The van der Waals surface area contributed by atoms with Gasteiger partial charge in [-0.1, -0.05) is 25.5 Å². The third kappa shape index (κ3) is 3.68. The Labute approximate surface area is 164 Å². The number of fused-ring (bicyclic) bond motifs is 1. The van der Waals surface area contributed by atoms with Crippen LogP contribution in [0.3, 0.4) is 0 Å². The number of carbonyl (C=O) groups excluding carboxylic acids is 2. The smallest absolute Gasteiger partial charge is 0.480 e. The van der Waals surface area contributed by atoms with Crippen LogP contribution in [-0.4, -0.2) is 46.2 Å². The van der Waals surface area contributed by atoms with Crippen LogP contribution in [0.2, 0.25) is 0 Å². The summed E-state index contributed by atoms with van der Waals surface area (Å²) in [6, 6.07) is 4.05. The average molecular weight is 414 g/mol. The zero-order chi connectivity index (χ0) is 21.6. The number of nitrogens with one attached hydrogen (secondary N) is 1. The van der Waals surface area contributed by atoms with E-state index < -0.39 is 53.3 Å². The number of carbonyl (C=O) groups is 3. The van der Waals surface area contributed by atoms with Crippen molar-refractivity contribution in [2.75, 3.05) is 6.54 Å². The Balaban J connectivity index is 2.00. The molecule has 1 aromatic rings. The Morgan fingerprint density at radius 1 is 1.31 bits per heavy atom. The summed E-state index contributed by atoms with van der Waals surface area (Å²) in [5.41, 5.74) is -1.49. The van der Waals surface area contributed by atoms with Crippen molar-refractivity contribution in [3.05, 3.63) is 29.8 Å². The predicted molar refractivity (Wildman–Crippen MR) is 93.7 cm³/mol. The van der Waals surface area contributed by atoms with Crippen LogP contribution in [0.1, 0.15) is 38.3 Å². The maximum Gasteiger partial charge on any atom is 0.573 e. The number of carboxylic acid groups (broad SMARTS) is 1. The van der Waals surface area contributed by atoms with E-state index in [0.717, 1.165) is 23.5 Å². The van der Waals surface area contributed by atoms with Crippen LogP contribution >= 0.6 is 0 Å². The zero-order valence-corrected chi connectivity index (χ0v) is 15.8. The van der Waals surface area contributed by atoms with Gasteiger partial charge in [0.1, 0.15) is 11.3 Å². The number of amides is 2. The molecule has 4 atom stereocenters. The molecule has 4 unspecified atom stereocenters. The first-order valence-corrected chi connectivity index (χ1v) is 9.21. The van der Waals surface area contributed by atoms with E-state index >= 15 is 0 Å². The second kappa shape index (κ2) is 7.33. The van der Waals surface area contributed by atoms with Crippen LogP contribution in [-0.2, 0) is 14.4 Å². The molecular weight excluding hydrogens is 393 g/mol. The minimum Gasteiger partial charge on any atom is -0.480 e. The van der Waals surface area contributed by atoms with E-state index in [1.54, 1.807) is 0 Å². The van der Waals surface area contributed by atoms with Crippen molar-refractivity contribution in [2.45, 2.75) is 44.6 Å². The highest BCUT2D eigenvalue weighted by Crippen LogP contribution is 2.49. The van der Waals surface area contributed by atoms with E-state index in [9.17, 15) is 32.7 Å². The van der Waals surface area contributed by atoms with Gasteiger partial charge in [-0.05, 0) is 31.0 Å². The van der Waals surface area contributed by atoms with E-state index in [-0.39, 0.29) is 12.1 Å². The van der Waals surface area contributed by atoms with Crippen LogP contribution in [0, 0.1) is 11.8 Å². The molecule has 0 bridgehead atoms. The van der Waals surface area contributed by atoms with Gasteiger partial charge in [-0.3, -0.25) is 24.6 Å². The zero-order valence-electron chi connectivity index (χ0n) is 15.8. The Morgan fingerprint density at radius 2 is 2.00 bits per heavy atom. The first-order chi connectivity index (χ1) is 13.5. The van der Waals surface area contributed by atoms with Crippen molar-refractivity contribution in [3.63, 3.8) is 0 Å². The average Bonchev–Trinajstić information content (AvgIpc) is 3.07. The molecule has 0 saturated carbocycles. The normalized spacial score (nSPS) is 29.3. The SMILES string of the molecule is CCCCN1C(=O)C2C(c3cccc(OC(F)(F)F)c3)NC(C)(C(=O)O)C2C1=O. The number of alkyl halides is 3. The summed E-state index contributed by atoms with van der Waals surface area (Å²) >= 11 is 0. The molecule has 29 heavy (non-hydrogen) atoms. The predicted octanol–water partition coefficient (Wildman–Crippen LogP) is 2.47. The molecule has 0 radical (unpaired) electrons. The van der Waals surface area contributed by atoms with Crippen molar-refractivity contribution >= 4 is 17.8 Å². The fourth-order valence-corrected chi connectivity index (χ4v) is 4.12. The largest absolute Gasteiger partial charge is 0.573 e. The van der Waals surface area contributed by atoms with E-state index in [1.807, 2.05) is 6.92 Å². The van der Waals surface area contributed by atoms with Crippen molar-refractivity contribution in [1.29, 1.82) is 0 Å². The summed E-state index contributed by atoms with van der Waals surface area (Å²) < 4.78 is 41.6. The quantitative estimate of drug-likeness (QED) is 0.695. The van der Waals surface area contributed by atoms with E-state index in [2.05, 4.69) is 10.1 Å². The topological polar surface area (TPSA) is 95.9 Å². The van der Waals surface area contributed by atoms with E-state index in [1.165, 1.54) is 19.1 Å². The molecule has 2 heterocycles. The van der Waals surface area contributed by atoms with E-state index in [4.69, 9.17) is 0 Å². The summed E-state index contributed by atoms with van der Waals surface area (Å²) in [6.45, 7) is 3.39. The molecule has 0 spiro atoms. The second-order valence-electron chi connectivity index (χ2n) is 7.43. The van der Waals surface area contributed by atoms with Gasteiger partial charge in [-0.25, -0.2) is 0 Å². The molecule has 2 N–H and O–H groups in total. The van der Waals surface area contributed by atoms with E-state index in [0.29, 0.717) is 6.42 Å². The maximum atomic E-state index is 13.0. The minimum atomic E-state index is -4.89. The molecule has 2 amide bonds. The Hall–Kier alpha value is -2.62. The van der Waals surface area contributed by atoms with Crippen molar-refractivity contribution in [3.8, 4) is 5.75 Å². The van der Waals surface area contributed by atoms with Crippen LogP contribution < -0.4 is 10.1 Å². The number of hydrogen-bond acceptors (Lipinski definition) is 5.